The van der Waals surface area contributed by atoms with Gasteiger partial charge in [-0.25, -0.2) is 0 Å². The van der Waals surface area contributed by atoms with Gasteiger partial charge in [0, 0.05) is 24.8 Å². The zero-order valence-electron chi connectivity index (χ0n) is 16.2. The third kappa shape index (κ3) is 6.18. The van der Waals surface area contributed by atoms with E-state index in [1.165, 1.54) is 0 Å². The van der Waals surface area contributed by atoms with E-state index < -0.39 is 0 Å². The minimum atomic E-state index is -0.227. The molecule has 0 unspecified atom stereocenters. The maximum atomic E-state index is 12.1. The van der Waals surface area contributed by atoms with Crippen LogP contribution >= 0.6 is 0 Å². The maximum absolute atomic E-state index is 12.1. The van der Waals surface area contributed by atoms with Crippen molar-refractivity contribution in [3.63, 3.8) is 0 Å². The first-order valence-corrected chi connectivity index (χ1v) is 9.21. The van der Waals surface area contributed by atoms with E-state index in [-0.39, 0.29) is 24.4 Å². The molecular weight excluding hydrogens is 340 g/mol. The number of aromatic nitrogens is 1. The molecule has 2 heterocycles. The summed E-state index contributed by atoms with van der Waals surface area (Å²) >= 11 is 0. The summed E-state index contributed by atoms with van der Waals surface area (Å²) in [4.78, 5) is 29.3. The number of likely N-dealkylation sites (tertiary alicyclic amines) is 1. The van der Waals surface area contributed by atoms with E-state index in [1.807, 2.05) is 36.4 Å². The quantitative estimate of drug-likeness (QED) is 0.867. The Kier molecular flexibility index (Phi) is 7.49. The molecule has 0 spiro atoms. The van der Waals surface area contributed by atoms with Crippen LogP contribution in [0.2, 0.25) is 0 Å². The molecule has 3 N–H and O–H groups in total. The van der Waals surface area contributed by atoms with Gasteiger partial charge in [-0.3, -0.25) is 14.6 Å². The molecular formula is C21H28N4O2. The second kappa shape index (κ2) is 9.83. The zero-order chi connectivity index (χ0) is 19.8. The van der Waals surface area contributed by atoms with Crippen molar-refractivity contribution in [1.82, 2.24) is 15.2 Å². The summed E-state index contributed by atoms with van der Waals surface area (Å²) in [6, 6.07) is 13.4. The van der Waals surface area contributed by atoms with Crippen LogP contribution in [0.5, 0.6) is 0 Å². The van der Waals surface area contributed by atoms with Crippen molar-refractivity contribution in [2.45, 2.75) is 26.8 Å². The molecule has 3 rings (SSSR count). The molecule has 2 amide bonds. The fourth-order valence-electron chi connectivity index (χ4n) is 2.49. The first-order valence-electron chi connectivity index (χ1n) is 9.21. The summed E-state index contributed by atoms with van der Waals surface area (Å²) in [6.45, 7) is 7.51. The number of nitrogens with zero attached hydrogens (tertiary/aromatic N) is 2. The van der Waals surface area contributed by atoms with Gasteiger partial charge in [0.2, 0.25) is 5.91 Å². The van der Waals surface area contributed by atoms with Crippen molar-refractivity contribution in [2.24, 2.45) is 11.7 Å². The normalized spacial score (nSPS) is 13.4. The van der Waals surface area contributed by atoms with Crippen LogP contribution in [-0.2, 0) is 4.79 Å². The van der Waals surface area contributed by atoms with Crippen molar-refractivity contribution < 1.29 is 9.59 Å². The molecule has 0 aliphatic carbocycles. The molecule has 2 aromatic rings. The molecule has 1 aliphatic heterocycles. The van der Waals surface area contributed by atoms with Crippen molar-refractivity contribution in [2.75, 3.05) is 19.6 Å². The van der Waals surface area contributed by atoms with Crippen LogP contribution in [0.15, 0.2) is 48.7 Å². The third-order valence-electron chi connectivity index (χ3n) is 3.85. The van der Waals surface area contributed by atoms with Crippen LogP contribution < -0.4 is 11.1 Å². The minimum absolute atomic E-state index is 0.00314. The monoisotopic (exact) mass is 368 g/mol. The predicted molar refractivity (Wildman–Crippen MR) is 107 cm³/mol. The van der Waals surface area contributed by atoms with E-state index in [0.29, 0.717) is 18.8 Å². The average Bonchev–Trinajstić information content (AvgIpc) is 2.64. The number of pyridine rings is 1. The van der Waals surface area contributed by atoms with E-state index in [2.05, 4.69) is 31.1 Å². The highest BCUT2D eigenvalue weighted by molar-refractivity contribution is 5.93. The largest absolute Gasteiger partial charge is 0.344 e. The summed E-state index contributed by atoms with van der Waals surface area (Å²) in [5, 5.41) is 2.86. The molecule has 0 saturated carbocycles. The lowest BCUT2D eigenvalue weighted by Gasteiger charge is -2.39. The highest BCUT2D eigenvalue weighted by Gasteiger charge is 2.31. The molecule has 1 fully saturated rings. The van der Waals surface area contributed by atoms with Crippen molar-refractivity contribution in [1.29, 1.82) is 0 Å². The van der Waals surface area contributed by atoms with Gasteiger partial charge in [-0.2, -0.15) is 0 Å². The molecule has 1 aliphatic rings. The van der Waals surface area contributed by atoms with Crippen LogP contribution in [0, 0.1) is 5.92 Å². The van der Waals surface area contributed by atoms with Gasteiger partial charge in [-0.15, -0.1) is 0 Å². The van der Waals surface area contributed by atoms with Gasteiger partial charge in [0.15, 0.2) is 0 Å². The van der Waals surface area contributed by atoms with Gasteiger partial charge >= 0.3 is 0 Å². The van der Waals surface area contributed by atoms with Crippen LogP contribution in [0.1, 0.15) is 31.3 Å². The topological polar surface area (TPSA) is 88.3 Å². The van der Waals surface area contributed by atoms with Gasteiger partial charge in [-0.05, 0) is 17.5 Å². The molecule has 6 heteroatoms. The molecule has 0 bridgehead atoms. The molecule has 6 nitrogen and oxygen atoms in total. The molecule has 1 aromatic carbocycles. The van der Waals surface area contributed by atoms with Gasteiger partial charge in [-0.1, -0.05) is 57.2 Å². The Morgan fingerprint density at radius 1 is 1.11 bits per heavy atom. The number of carbonyl (C=O) groups excluding carboxylic acids is 2. The Morgan fingerprint density at radius 3 is 2.26 bits per heavy atom. The van der Waals surface area contributed by atoms with Crippen LogP contribution in [0.4, 0.5) is 0 Å². The number of carbonyl (C=O) groups is 2. The molecule has 1 aromatic heterocycles. The van der Waals surface area contributed by atoms with Crippen LogP contribution in [0.25, 0.3) is 11.1 Å². The maximum Gasteiger partial charge on any atom is 0.270 e. The van der Waals surface area contributed by atoms with Gasteiger partial charge in [0.25, 0.3) is 5.91 Å². The molecule has 0 radical (unpaired) electrons. The van der Waals surface area contributed by atoms with Crippen molar-refractivity contribution in [3.8, 4) is 11.1 Å². The standard InChI is InChI=1S/C17H18N4O2.C4H10/c18-8-16(22)21-10-14(11-21)20-17(23)15-7-6-13(9-19-15)12-4-2-1-3-5-12;1-4(2)3/h1-7,9,14H,8,10-11,18H2,(H,20,23);4H,1-3H3. The van der Waals surface area contributed by atoms with Crippen molar-refractivity contribution >= 4 is 11.8 Å². The molecule has 0 atom stereocenters. The fourth-order valence-corrected chi connectivity index (χ4v) is 2.49. The Labute approximate surface area is 160 Å². The van der Waals surface area contributed by atoms with Crippen molar-refractivity contribution in [3.05, 3.63) is 54.4 Å². The number of hydrogen-bond donors (Lipinski definition) is 2. The number of amides is 2. The number of nitrogens with two attached hydrogens (primary N) is 1. The third-order valence-corrected chi connectivity index (χ3v) is 3.85. The summed E-state index contributed by atoms with van der Waals surface area (Å²) < 4.78 is 0. The predicted octanol–water partition coefficient (Wildman–Crippen LogP) is 2.31. The highest BCUT2D eigenvalue weighted by atomic mass is 16.2. The molecule has 144 valence electrons. The highest BCUT2D eigenvalue weighted by Crippen LogP contribution is 2.17. The van der Waals surface area contributed by atoms with E-state index in [9.17, 15) is 9.59 Å². The van der Waals surface area contributed by atoms with E-state index >= 15 is 0 Å². The first-order chi connectivity index (χ1) is 12.9. The first kappa shape index (κ1) is 20.6. The minimum Gasteiger partial charge on any atom is -0.344 e. The Morgan fingerprint density at radius 2 is 1.74 bits per heavy atom. The van der Waals surface area contributed by atoms with E-state index in [4.69, 9.17) is 5.73 Å². The lowest BCUT2D eigenvalue weighted by molar-refractivity contribution is -0.134. The summed E-state index contributed by atoms with van der Waals surface area (Å²) in [6.07, 6.45) is 1.69. The summed E-state index contributed by atoms with van der Waals surface area (Å²) in [5.74, 6) is 0.510. The van der Waals surface area contributed by atoms with Gasteiger partial charge in [0.05, 0.1) is 12.6 Å². The number of hydrogen-bond acceptors (Lipinski definition) is 4. The molecule has 27 heavy (non-hydrogen) atoms. The van der Waals surface area contributed by atoms with E-state index in [0.717, 1.165) is 17.0 Å². The van der Waals surface area contributed by atoms with Crippen LogP contribution in [-0.4, -0.2) is 47.4 Å². The summed E-state index contributed by atoms with van der Waals surface area (Å²) in [5.41, 5.74) is 7.68. The lowest BCUT2D eigenvalue weighted by atomic mass is 10.1. The number of nitrogens with one attached hydrogen (secondary N) is 1. The van der Waals surface area contributed by atoms with Gasteiger partial charge < -0.3 is 16.0 Å². The SMILES string of the molecule is CC(C)C.NCC(=O)N1CC(NC(=O)c2ccc(-c3ccccc3)cn2)C1. The summed E-state index contributed by atoms with van der Waals surface area (Å²) in [7, 11) is 0. The second-order valence-electron chi connectivity index (χ2n) is 7.20. The van der Waals surface area contributed by atoms with Gasteiger partial charge in [0.1, 0.15) is 5.69 Å². The molecule has 1 saturated heterocycles. The lowest BCUT2D eigenvalue weighted by Crippen LogP contribution is -2.62. The Balaban J connectivity index is 0.000000596. The number of benzene rings is 1. The number of rotatable bonds is 4. The van der Waals surface area contributed by atoms with Crippen LogP contribution in [0.3, 0.4) is 0 Å². The smallest absolute Gasteiger partial charge is 0.270 e. The average molecular weight is 368 g/mol. The Hall–Kier alpha value is -2.73. The second-order valence-corrected chi connectivity index (χ2v) is 7.20. The van der Waals surface area contributed by atoms with E-state index in [1.54, 1.807) is 17.2 Å². The fraction of sp³-hybridized carbons (Fsp3) is 0.381. The zero-order valence-corrected chi connectivity index (χ0v) is 16.2. The Bertz CT molecular complexity index is 736.